The molecular weight excluding hydrogens is 248 g/mol. The van der Waals surface area contributed by atoms with E-state index in [1.165, 1.54) is 5.56 Å². The van der Waals surface area contributed by atoms with Crippen molar-refractivity contribution in [1.82, 2.24) is 10.3 Å². The van der Waals surface area contributed by atoms with E-state index >= 15 is 0 Å². The summed E-state index contributed by atoms with van der Waals surface area (Å²) < 4.78 is 0. The Morgan fingerprint density at radius 1 is 1.20 bits per heavy atom. The van der Waals surface area contributed by atoms with Gasteiger partial charge in [-0.2, -0.15) is 0 Å². The molecular formula is C17H20N2O. The van der Waals surface area contributed by atoms with Crippen LogP contribution >= 0.6 is 0 Å². The topological polar surface area (TPSA) is 42.0 Å². The highest BCUT2D eigenvalue weighted by Gasteiger charge is 2.07. The van der Waals surface area contributed by atoms with E-state index in [0.717, 1.165) is 12.0 Å². The third-order valence-electron chi connectivity index (χ3n) is 3.34. The average molecular weight is 268 g/mol. The van der Waals surface area contributed by atoms with E-state index in [9.17, 15) is 4.79 Å². The summed E-state index contributed by atoms with van der Waals surface area (Å²) >= 11 is 0. The number of aromatic nitrogens is 1. The zero-order valence-electron chi connectivity index (χ0n) is 11.8. The third-order valence-corrected chi connectivity index (χ3v) is 3.34. The van der Waals surface area contributed by atoms with Crippen molar-refractivity contribution in [1.29, 1.82) is 0 Å². The lowest BCUT2D eigenvalue weighted by Crippen LogP contribution is -2.27. The summed E-state index contributed by atoms with van der Waals surface area (Å²) in [6.07, 6.45) is 4.79. The van der Waals surface area contributed by atoms with Crippen LogP contribution in [-0.2, 0) is 11.2 Å². The zero-order chi connectivity index (χ0) is 14.2. The number of aryl methyl sites for hydroxylation is 1. The van der Waals surface area contributed by atoms with Crippen LogP contribution in [-0.4, -0.2) is 17.4 Å². The fraction of sp³-hybridized carbons (Fsp3) is 0.294. The van der Waals surface area contributed by atoms with Crippen molar-refractivity contribution in [2.75, 3.05) is 6.54 Å². The molecule has 3 heteroatoms. The average Bonchev–Trinajstić information content (AvgIpc) is 2.52. The predicted molar refractivity (Wildman–Crippen MR) is 80.4 cm³/mol. The summed E-state index contributed by atoms with van der Waals surface area (Å²) in [7, 11) is 0. The second-order valence-electron chi connectivity index (χ2n) is 4.98. The number of hydrogen-bond acceptors (Lipinski definition) is 2. The molecule has 1 amide bonds. The SMILES string of the molecule is CC(CNC(=O)CCc1cccnc1)c1ccccc1. The summed E-state index contributed by atoms with van der Waals surface area (Å²) in [5.74, 6) is 0.426. The largest absolute Gasteiger partial charge is 0.355 e. The Morgan fingerprint density at radius 3 is 2.70 bits per heavy atom. The van der Waals surface area contributed by atoms with Crippen LogP contribution in [0.15, 0.2) is 54.9 Å². The van der Waals surface area contributed by atoms with E-state index in [0.29, 0.717) is 18.9 Å². The summed E-state index contributed by atoms with van der Waals surface area (Å²) in [5, 5.41) is 2.99. The highest BCUT2D eigenvalue weighted by atomic mass is 16.1. The van der Waals surface area contributed by atoms with E-state index in [1.807, 2.05) is 30.3 Å². The van der Waals surface area contributed by atoms with Gasteiger partial charge in [0.15, 0.2) is 0 Å². The van der Waals surface area contributed by atoms with Crippen molar-refractivity contribution >= 4 is 5.91 Å². The maximum absolute atomic E-state index is 11.8. The lowest BCUT2D eigenvalue weighted by molar-refractivity contribution is -0.121. The first-order chi connectivity index (χ1) is 9.75. The Kier molecular flexibility index (Phi) is 5.30. The number of pyridine rings is 1. The summed E-state index contributed by atoms with van der Waals surface area (Å²) in [6, 6.07) is 14.1. The zero-order valence-corrected chi connectivity index (χ0v) is 11.8. The molecule has 20 heavy (non-hydrogen) atoms. The molecule has 1 unspecified atom stereocenters. The van der Waals surface area contributed by atoms with Gasteiger partial charge in [0, 0.05) is 25.4 Å². The number of carbonyl (C=O) groups excluding carboxylic acids is 1. The first-order valence-electron chi connectivity index (χ1n) is 6.96. The quantitative estimate of drug-likeness (QED) is 0.875. The fourth-order valence-electron chi connectivity index (χ4n) is 2.06. The van der Waals surface area contributed by atoms with Gasteiger partial charge in [-0.25, -0.2) is 0 Å². The highest BCUT2D eigenvalue weighted by molar-refractivity contribution is 5.76. The molecule has 0 aliphatic heterocycles. The van der Waals surface area contributed by atoms with E-state index in [4.69, 9.17) is 0 Å². The van der Waals surface area contributed by atoms with E-state index in [1.54, 1.807) is 12.4 Å². The molecule has 2 rings (SSSR count). The molecule has 1 heterocycles. The fourth-order valence-corrected chi connectivity index (χ4v) is 2.06. The molecule has 3 nitrogen and oxygen atoms in total. The molecule has 0 saturated carbocycles. The minimum absolute atomic E-state index is 0.0941. The van der Waals surface area contributed by atoms with Gasteiger partial charge in [-0.15, -0.1) is 0 Å². The van der Waals surface area contributed by atoms with Crippen LogP contribution < -0.4 is 5.32 Å². The minimum Gasteiger partial charge on any atom is -0.355 e. The number of nitrogens with zero attached hydrogens (tertiary/aromatic N) is 1. The van der Waals surface area contributed by atoms with Crippen molar-refractivity contribution in [2.24, 2.45) is 0 Å². The van der Waals surface area contributed by atoms with Gasteiger partial charge in [0.1, 0.15) is 0 Å². The lowest BCUT2D eigenvalue weighted by Gasteiger charge is -2.13. The van der Waals surface area contributed by atoms with Crippen LogP contribution in [0.2, 0.25) is 0 Å². The van der Waals surface area contributed by atoms with Gasteiger partial charge in [0.2, 0.25) is 5.91 Å². The normalized spacial score (nSPS) is 11.8. The molecule has 1 aromatic heterocycles. The number of nitrogens with one attached hydrogen (secondary N) is 1. The van der Waals surface area contributed by atoms with Crippen LogP contribution in [0, 0.1) is 0 Å². The van der Waals surface area contributed by atoms with Crippen molar-refractivity contribution < 1.29 is 4.79 Å². The molecule has 0 bridgehead atoms. The first-order valence-corrected chi connectivity index (χ1v) is 6.96. The van der Waals surface area contributed by atoms with Crippen molar-refractivity contribution in [3.8, 4) is 0 Å². The summed E-state index contributed by atoms with van der Waals surface area (Å²) in [6.45, 7) is 2.80. The van der Waals surface area contributed by atoms with Gasteiger partial charge in [-0.05, 0) is 29.5 Å². The van der Waals surface area contributed by atoms with Crippen molar-refractivity contribution in [2.45, 2.75) is 25.7 Å². The molecule has 0 fully saturated rings. The third kappa shape index (κ3) is 4.50. The number of hydrogen-bond donors (Lipinski definition) is 1. The van der Waals surface area contributed by atoms with Gasteiger partial charge >= 0.3 is 0 Å². The standard InChI is InChI=1S/C17H20N2O/c1-14(16-7-3-2-4-8-16)12-19-17(20)10-9-15-6-5-11-18-13-15/h2-8,11,13-14H,9-10,12H2,1H3,(H,19,20). The maximum Gasteiger partial charge on any atom is 0.220 e. The Bertz CT molecular complexity index is 525. The molecule has 0 spiro atoms. The number of benzene rings is 1. The maximum atomic E-state index is 11.8. The van der Waals surface area contributed by atoms with Crippen LogP contribution in [0.5, 0.6) is 0 Å². The van der Waals surface area contributed by atoms with E-state index in [2.05, 4.69) is 29.4 Å². The number of rotatable bonds is 6. The van der Waals surface area contributed by atoms with Crippen molar-refractivity contribution in [3.05, 3.63) is 66.0 Å². The van der Waals surface area contributed by atoms with Gasteiger partial charge in [-0.3, -0.25) is 9.78 Å². The first kappa shape index (κ1) is 14.3. The highest BCUT2D eigenvalue weighted by Crippen LogP contribution is 2.13. The Labute approximate surface area is 120 Å². The van der Waals surface area contributed by atoms with Crippen LogP contribution in [0.4, 0.5) is 0 Å². The number of amides is 1. The smallest absolute Gasteiger partial charge is 0.220 e. The van der Waals surface area contributed by atoms with Crippen LogP contribution in [0.25, 0.3) is 0 Å². The second kappa shape index (κ2) is 7.43. The van der Waals surface area contributed by atoms with E-state index < -0.39 is 0 Å². The van der Waals surface area contributed by atoms with Gasteiger partial charge in [-0.1, -0.05) is 43.3 Å². The minimum atomic E-state index is 0.0941. The molecule has 0 aliphatic rings. The van der Waals surface area contributed by atoms with Crippen LogP contribution in [0.1, 0.15) is 30.4 Å². The molecule has 0 saturated heterocycles. The lowest BCUT2D eigenvalue weighted by atomic mass is 10.0. The molecule has 1 N–H and O–H groups in total. The Morgan fingerprint density at radius 2 is 2.00 bits per heavy atom. The van der Waals surface area contributed by atoms with Crippen LogP contribution in [0.3, 0.4) is 0 Å². The molecule has 1 atom stereocenters. The molecule has 1 aromatic carbocycles. The summed E-state index contributed by atoms with van der Waals surface area (Å²) in [5.41, 5.74) is 2.35. The van der Waals surface area contributed by atoms with Gasteiger partial charge in [0.05, 0.1) is 0 Å². The Balaban J connectivity index is 1.73. The predicted octanol–water partition coefficient (Wildman–Crippen LogP) is 2.93. The second-order valence-corrected chi connectivity index (χ2v) is 4.98. The number of carbonyl (C=O) groups is 1. The van der Waals surface area contributed by atoms with Gasteiger partial charge in [0.25, 0.3) is 0 Å². The monoisotopic (exact) mass is 268 g/mol. The van der Waals surface area contributed by atoms with Crippen molar-refractivity contribution in [3.63, 3.8) is 0 Å². The molecule has 104 valence electrons. The van der Waals surface area contributed by atoms with Gasteiger partial charge < -0.3 is 5.32 Å². The molecule has 2 aromatic rings. The Hall–Kier alpha value is -2.16. The summed E-state index contributed by atoms with van der Waals surface area (Å²) in [4.78, 5) is 15.9. The molecule has 0 aliphatic carbocycles. The van der Waals surface area contributed by atoms with E-state index in [-0.39, 0.29) is 5.91 Å². The molecule has 0 radical (unpaired) electrons.